The van der Waals surface area contributed by atoms with E-state index >= 15 is 0 Å². The van der Waals surface area contributed by atoms with Crippen molar-refractivity contribution in [1.29, 1.82) is 0 Å². The van der Waals surface area contributed by atoms with E-state index in [1.165, 1.54) is 5.57 Å². The van der Waals surface area contributed by atoms with Crippen LogP contribution in [-0.4, -0.2) is 0 Å². The molecule has 0 heterocycles. The molecule has 0 saturated heterocycles. The van der Waals surface area contributed by atoms with Crippen molar-refractivity contribution in [3.8, 4) is 0 Å². The average Bonchev–Trinajstić information content (AvgIpc) is 1.79. The van der Waals surface area contributed by atoms with E-state index in [9.17, 15) is 0 Å². The number of hydrogen-bond donors (Lipinski definition) is 0. The van der Waals surface area contributed by atoms with Gasteiger partial charge in [0.15, 0.2) is 0 Å². The molecule has 0 bridgehead atoms. The average molecular weight is 55.1 g/mol. The zero-order chi connectivity index (χ0) is 3.86. The van der Waals surface area contributed by atoms with Crippen molar-refractivity contribution < 1.29 is 1.37 Å². The van der Waals surface area contributed by atoms with Crippen LogP contribution in [0.2, 0.25) is 0 Å². The molecule has 22 valence electrons. The third kappa shape index (κ3) is 0.127. The maximum absolute atomic E-state index is 6.81. The van der Waals surface area contributed by atoms with Crippen molar-refractivity contribution >= 4 is 0 Å². The second-order valence-electron chi connectivity index (χ2n) is 1.08. The minimum Gasteiger partial charge on any atom is -0.0812 e. The van der Waals surface area contributed by atoms with Gasteiger partial charge in [0.05, 0.1) is 0 Å². The van der Waals surface area contributed by atoms with E-state index in [1.54, 1.807) is 0 Å². The van der Waals surface area contributed by atoms with E-state index < -0.39 is 0 Å². The second-order valence-corrected chi connectivity index (χ2v) is 1.08. The standard InChI is InChI=1S/C4H6/c1-4-2-3-4/h2H,3H2,1H3/i3D. The lowest BCUT2D eigenvalue weighted by atomic mass is 10.6. The van der Waals surface area contributed by atoms with Crippen LogP contribution in [0.4, 0.5) is 0 Å². The molecule has 0 nitrogen and oxygen atoms in total. The highest BCUT2D eigenvalue weighted by Gasteiger charge is 1.94. The van der Waals surface area contributed by atoms with Gasteiger partial charge in [0.25, 0.3) is 0 Å². The smallest absolute Gasteiger partial charge is 0.0356 e. The summed E-state index contributed by atoms with van der Waals surface area (Å²) in [7, 11) is 0. The highest BCUT2D eigenvalue weighted by Crippen LogP contribution is 2.14. The summed E-state index contributed by atoms with van der Waals surface area (Å²) in [5.41, 5.74) is 1.21. The van der Waals surface area contributed by atoms with Crippen LogP contribution in [0, 0.1) is 0 Å². The molecule has 0 N–H and O–H groups in total. The molecule has 1 rings (SSSR count). The van der Waals surface area contributed by atoms with Crippen LogP contribution in [0.5, 0.6) is 0 Å². The fourth-order valence-corrected chi connectivity index (χ4v) is 0.0833. The SMILES string of the molecule is [2H]C1C=C1C. The first-order valence-corrected chi connectivity index (χ1v) is 1.41. The molecule has 0 saturated carbocycles. The van der Waals surface area contributed by atoms with Crippen LogP contribution in [0.15, 0.2) is 11.6 Å². The lowest BCUT2D eigenvalue weighted by molar-refractivity contribution is 1.48. The summed E-state index contributed by atoms with van der Waals surface area (Å²) in [6, 6.07) is 0. The quantitative estimate of drug-likeness (QED) is 0.367. The molecular formula is C4H6. The number of rotatable bonds is 0. The predicted octanol–water partition coefficient (Wildman–Crippen LogP) is 1.34. The third-order valence-corrected chi connectivity index (χ3v) is 0.500. The monoisotopic (exact) mass is 55.1 g/mol. The zero-order valence-electron chi connectivity index (χ0n) is 3.65. The van der Waals surface area contributed by atoms with Crippen LogP contribution >= 0.6 is 0 Å². The van der Waals surface area contributed by atoms with E-state index in [0.717, 1.165) is 0 Å². The van der Waals surface area contributed by atoms with Crippen molar-refractivity contribution in [3.63, 3.8) is 0 Å². The van der Waals surface area contributed by atoms with Crippen LogP contribution in [0.1, 0.15) is 14.7 Å². The summed E-state index contributed by atoms with van der Waals surface area (Å²) in [5.74, 6) is 0. The van der Waals surface area contributed by atoms with E-state index in [1.807, 2.05) is 13.0 Å². The first-order valence-electron chi connectivity index (χ1n) is 1.99. The highest BCUT2D eigenvalue weighted by atomic mass is 14.0. The Labute approximate surface area is 27.5 Å². The number of hydrogen-bond acceptors (Lipinski definition) is 0. The van der Waals surface area contributed by atoms with Gasteiger partial charge in [0.1, 0.15) is 0 Å². The molecule has 0 spiro atoms. The predicted molar refractivity (Wildman–Crippen MR) is 18.4 cm³/mol. The van der Waals surface area contributed by atoms with Gasteiger partial charge in [-0.05, 0) is 13.3 Å². The van der Waals surface area contributed by atoms with E-state index in [4.69, 9.17) is 1.37 Å². The van der Waals surface area contributed by atoms with Crippen LogP contribution < -0.4 is 0 Å². The summed E-state index contributed by atoms with van der Waals surface area (Å²) in [4.78, 5) is 0. The molecule has 0 aromatic heterocycles. The van der Waals surface area contributed by atoms with Crippen molar-refractivity contribution in [2.75, 3.05) is 0 Å². The maximum atomic E-state index is 6.81. The van der Waals surface area contributed by atoms with Crippen LogP contribution in [-0.2, 0) is 0 Å². The van der Waals surface area contributed by atoms with Crippen molar-refractivity contribution in [2.45, 2.75) is 13.3 Å². The Morgan fingerprint density at radius 1 is 2.50 bits per heavy atom. The Balaban J connectivity index is 2.38. The molecule has 1 atom stereocenters. The van der Waals surface area contributed by atoms with Gasteiger partial charge in [0, 0.05) is 1.37 Å². The fourth-order valence-electron chi connectivity index (χ4n) is 0.0833. The molecule has 4 heavy (non-hydrogen) atoms. The van der Waals surface area contributed by atoms with Crippen LogP contribution in [0.25, 0.3) is 0 Å². The fraction of sp³-hybridized carbons (Fsp3) is 0.500. The van der Waals surface area contributed by atoms with E-state index in [-0.39, 0.29) is 6.40 Å². The van der Waals surface area contributed by atoms with E-state index in [0.29, 0.717) is 0 Å². The van der Waals surface area contributed by atoms with Gasteiger partial charge in [-0.25, -0.2) is 0 Å². The Hall–Kier alpha value is -0.260. The van der Waals surface area contributed by atoms with Crippen molar-refractivity contribution in [2.24, 2.45) is 0 Å². The lowest BCUT2D eigenvalue weighted by Crippen LogP contribution is -1.26. The Kier molecular flexibility index (Phi) is 0.115. The Morgan fingerprint density at radius 3 is 2.75 bits per heavy atom. The normalized spacial score (nSPS) is 41.8. The van der Waals surface area contributed by atoms with Gasteiger partial charge < -0.3 is 0 Å². The molecule has 0 heteroatoms. The first kappa shape index (κ1) is 1.25. The maximum Gasteiger partial charge on any atom is 0.0356 e. The summed E-state index contributed by atoms with van der Waals surface area (Å²) in [6.45, 7) is 1.97. The molecule has 0 aliphatic heterocycles. The van der Waals surface area contributed by atoms with Crippen molar-refractivity contribution in [3.05, 3.63) is 11.6 Å². The van der Waals surface area contributed by atoms with Gasteiger partial charge in [-0.3, -0.25) is 0 Å². The summed E-state index contributed by atoms with van der Waals surface area (Å²) >= 11 is 0. The van der Waals surface area contributed by atoms with E-state index in [2.05, 4.69) is 0 Å². The summed E-state index contributed by atoms with van der Waals surface area (Å²) in [5, 5.41) is 0. The largest absolute Gasteiger partial charge is 0.0812 e. The topological polar surface area (TPSA) is 0 Å². The summed E-state index contributed by atoms with van der Waals surface area (Å²) < 4.78 is 6.81. The van der Waals surface area contributed by atoms with Gasteiger partial charge >= 0.3 is 0 Å². The minimum atomic E-state index is 0.0926. The molecule has 1 unspecified atom stereocenters. The van der Waals surface area contributed by atoms with Crippen molar-refractivity contribution in [1.82, 2.24) is 0 Å². The minimum absolute atomic E-state index is 0.0926. The van der Waals surface area contributed by atoms with Gasteiger partial charge in [-0.1, -0.05) is 11.6 Å². The third-order valence-electron chi connectivity index (χ3n) is 0.500. The molecule has 0 aromatic rings. The molecule has 0 aromatic carbocycles. The first-order chi connectivity index (χ1) is 2.30. The molecule has 1 aliphatic rings. The second kappa shape index (κ2) is 0.369. The number of allylic oxidation sites excluding steroid dienone is 2. The van der Waals surface area contributed by atoms with Gasteiger partial charge in [-0.2, -0.15) is 0 Å². The molecule has 1 aliphatic carbocycles. The zero-order valence-corrected chi connectivity index (χ0v) is 2.65. The highest BCUT2D eigenvalue weighted by molar-refractivity contribution is 5.17. The van der Waals surface area contributed by atoms with Crippen LogP contribution in [0.3, 0.4) is 0 Å². The molecular weight excluding hydrogens is 48.0 g/mol. The Bertz CT molecular complexity index is 73.7. The van der Waals surface area contributed by atoms with Gasteiger partial charge in [0.2, 0.25) is 0 Å². The lowest BCUT2D eigenvalue weighted by Gasteiger charge is -1.47. The Morgan fingerprint density at radius 2 is 2.75 bits per heavy atom. The molecule has 0 radical (unpaired) electrons. The molecule has 0 amide bonds. The van der Waals surface area contributed by atoms with Gasteiger partial charge in [-0.15, -0.1) is 0 Å². The summed E-state index contributed by atoms with van der Waals surface area (Å²) in [6.07, 6.45) is 2.01. The molecule has 0 fully saturated rings.